The van der Waals surface area contributed by atoms with Crippen molar-refractivity contribution in [3.05, 3.63) is 11.9 Å². The summed E-state index contributed by atoms with van der Waals surface area (Å²) in [6, 6.07) is 0. The summed E-state index contributed by atoms with van der Waals surface area (Å²) in [6.07, 6.45) is 3.97. The van der Waals surface area contributed by atoms with Gasteiger partial charge in [0.15, 0.2) is 10.8 Å². The molecule has 1 atom stereocenters. The third kappa shape index (κ3) is 3.65. The second-order valence-corrected chi connectivity index (χ2v) is 4.81. The number of nitrogens with zero attached hydrogens (tertiary/aromatic N) is 2. The zero-order valence-corrected chi connectivity index (χ0v) is 11.5. The molecule has 0 spiro atoms. The van der Waals surface area contributed by atoms with Crippen molar-refractivity contribution in [1.82, 2.24) is 15.1 Å². The van der Waals surface area contributed by atoms with E-state index in [-0.39, 0.29) is 11.8 Å². The van der Waals surface area contributed by atoms with E-state index in [2.05, 4.69) is 15.7 Å². The molecule has 2 rings (SSSR count). The lowest BCUT2D eigenvalue weighted by molar-refractivity contribution is 0.0995. The fourth-order valence-electron chi connectivity index (χ4n) is 1.94. The summed E-state index contributed by atoms with van der Waals surface area (Å²) in [5, 5.41) is 10.4. The molecule has 19 heavy (non-hydrogen) atoms. The molecule has 4 N–H and O–H groups in total. The molecule has 8 heteroatoms. The van der Waals surface area contributed by atoms with E-state index in [9.17, 15) is 4.79 Å². The van der Waals surface area contributed by atoms with Crippen LogP contribution >= 0.6 is 12.2 Å². The Balaban J connectivity index is 1.89. The summed E-state index contributed by atoms with van der Waals surface area (Å²) in [6.45, 7) is 1.46. The molecule has 1 aliphatic heterocycles. The van der Waals surface area contributed by atoms with Crippen LogP contribution < -0.4 is 16.4 Å². The summed E-state index contributed by atoms with van der Waals surface area (Å²) in [5.41, 5.74) is 5.91. The highest BCUT2D eigenvalue weighted by atomic mass is 32.1. The van der Waals surface area contributed by atoms with Gasteiger partial charge in [-0.15, -0.1) is 0 Å². The van der Waals surface area contributed by atoms with Gasteiger partial charge in [-0.25, -0.2) is 0 Å². The molecule has 0 saturated carbocycles. The molecule has 0 radical (unpaired) electrons. The molecule has 1 aliphatic rings. The fourth-order valence-corrected chi connectivity index (χ4v) is 2.13. The van der Waals surface area contributed by atoms with E-state index in [1.807, 2.05) is 0 Å². The van der Waals surface area contributed by atoms with E-state index < -0.39 is 5.91 Å². The van der Waals surface area contributed by atoms with E-state index in [0.717, 1.165) is 19.4 Å². The van der Waals surface area contributed by atoms with Gasteiger partial charge in [0, 0.05) is 26.4 Å². The number of anilines is 1. The Morgan fingerprint density at radius 2 is 2.53 bits per heavy atom. The lowest BCUT2D eigenvalue weighted by Gasteiger charge is -2.13. The average molecular weight is 283 g/mol. The fraction of sp³-hybridized carbons (Fsp3) is 0.545. The number of ether oxygens (including phenoxy) is 1. The lowest BCUT2D eigenvalue weighted by Crippen LogP contribution is -2.35. The Kier molecular flexibility index (Phi) is 4.33. The lowest BCUT2D eigenvalue weighted by atomic mass is 10.2. The van der Waals surface area contributed by atoms with Crippen molar-refractivity contribution in [2.45, 2.75) is 18.9 Å². The van der Waals surface area contributed by atoms with Crippen LogP contribution in [0.5, 0.6) is 0 Å². The Morgan fingerprint density at radius 3 is 3.16 bits per heavy atom. The van der Waals surface area contributed by atoms with Crippen LogP contribution in [0.25, 0.3) is 0 Å². The molecule has 1 aromatic rings. The molecule has 1 aromatic heterocycles. The molecule has 0 bridgehead atoms. The first-order chi connectivity index (χ1) is 9.06. The number of nitrogens with one attached hydrogen (secondary N) is 2. The van der Waals surface area contributed by atoms with Gasteiger partial charge in [0.2, 0.25) is 0 Å². The Morgan fingerprint density at radius 1 is 1.74 bits per heavy atom. The molecular formula is C11H17N5O2S. The normalized spacial score (nSPS) is 18.3. The molecule has 0 aliphatic carbocycles. The minimum atomic E-state index is -0.593. The highest BCUT2D eigenvalue weighted by Gasteiger charge is 2.17. The van der Waals surface area contributed by atoms with Crippen molar-refractivity contribution in [3.63, 3.8) is 0 Å². The van der Waals surface area contributed by atoms with Gasteiger partial charge in [0.1, 0.15) is 0 Å². The topological polar surface area (TPSA) is 94.2 Å². The standard InChI is InChI=1S/C11H17N5O2S/c1-16-6-8(9(15-16)10(12)17)14-11(19)13-5-7-3-2-4-18-7/h6-7H,2-5H2,1H3,(H2,12,17)(H2,13,14,19). The van der Waals surface area contributed by atoms with Crippen molar-refractivity contribution in [2.75, 3.05) is 18.5 Å². The van der Waals surface area contributed by atoms with E-state index in [4.69, 9.17) is 22.7 Å². The van der Waals surface area contributed by atoms with Gasteiger partial charge in [0.05, 0.1) is 11.8 Å². The van der Waals surface area contributed by atoms with Gasteiger partial charge in [-0.2, -0.15) is 5.10 Å². The van der Waals surface area contributed by atoms with Crippen LogP contribution in [0.3, 0.4) is 0 Å². The molecule has 1 unspecified atom stereocenters. The highest BCUT2D eigenvalue weighted by Crippen LogP contribution is 2.13. The van der Waals surface area contributed by atoms with Crippen LogP contribution in [-0.2, 0) is 11.8 Å². The van der Waals surface area contributed by atoms with E-state index in [1.165, 1.54) is 4.68 Å². The van der Waals surface area contributed by atoms with Crippen molar-refractivity contribution >= 4 is 28.9 Å². The average Bonchev–Trinajstić information content (AvgIpc) is 2.96. The second-order valence-electron chi connectivity index (χ2n) is 4.40. The first-order valence-corrected chi connectivity index (χ1v) is 6.47. The van der Waals surface area contributed by atoms with Gasteiger partial charge < -0.3 is 21.1 Å². The first-order valence-electron chi connectivity index (χ1n) is 6.06. The number of rotatable bonds is 4. The van der Waals surface area contributed by atoms with Gasteiger partial charge in [-0.3, -0.25) is 9.48 Å². The van der Waals surface area contributed by atoms with Gasteiger partial charge in [-0.1, -0.05) is 0 Å². The minimum Gasteiger partial charge on any atom is -0.376 e. The van der Waals surface area contributed by atoms with E-state index >= 15 is 0 Å². The smallest absolute Gasteiger partial charge is 0.271 e. The monoisotopic (exact) mass is 283 g/mol. The summed E-state index contributed by atoms with van der Waals surface area (Å²) >= 11 is 5.16. The van der Waals surface area contributed by atoms with Crippen molar-refractivity contribution < 1.29 is 9.53 Å². The second kappa shape index (κ2) is 5.98. The Labute approximate surface area is 116 Å². The summed E-state index contributed by atoms with van der Waals surface area (Å²) in [5.74, 6) is -0.593. The summed E-state index contributed by atoms with van der Waals surface area (Å²) in [4.78, 5) is 11.2. The zero-order chi connectivity index (χ0) is 13.8. The predicted octanol–water partition coefficient (Wildman–Crippen LogP) is -0.0156. The highest BCUT2D eigenvalue weighted by molar-refractivity contribution is 7.80. The maximum Gasteiger partial charge on any atom is 0.271 e. The SMILES string of the molecule is Cn1cc(NC(=S)NCC2CCCO2)c(C(N)=O)n1. The van der Waals surface area contributed by atoms with Crippen LogP contribution in [0.4, 0.5) is 5.69 Å². The molecule has 1 fully saturated rings. The van der Waals surface area contributed by atoms with Gasteiger partial charge in [0.25, 0.3) is 5.91 Å². The van der Waals surface area contributed by atoms with E-state index in [0.29, 0.717) is 17.3 Å². The molecule has 7 nitrogen and oxygen atoms in total. The number of nitrogens with two attached hydrogens (primary N) is 1. The number of thiocarbonyl (C=S) groups is 1. The van der Waals surface area contributed by atoms with Crippen LogP contribution in [0.2, 0.25) is 0 Å². The number of aromatic nitrogens is 2. The molecule has 0 aromatic carbocycles. The number of hydrogen-bond acceptors (Lipinski definition) is 4. The molecule has 1 saturated heterocycles. The molecular weight excluding hydrogens is 266 g/mol. The maximum atomic E-state index is 11.2. The van der Waals surface area contributed by atoms with Crippen molar-refractivity contribution in [3.8, 4) is 0 Å². The Bertz CT molecular complexity index is 481. The molecule has 1 amide bonds. The summed E-state index contributed by atoms with van der Waals surface area (Å²) < 4.78 is 6.98. The first kappa shape index (κ1) is 13.8. The van der Waals surface area contributed by atoms with Crippen LogP contribution in [0.1, 0.15) is 23.3 Å². The maximum absolute atomic E-state index is 11.2. The van der Waals surface area contributed by atoms with Gasteiger partial charge >= 0.3 is 0 Å². The zero-order valence-electron chi connectivity index (χ0n) is 10.7. The van der Waals surface area contributed by atoms with Crippen LogP contribution in [0, 0.1) is 0 Å². The largest absolute Gasteiger partial charge is 0.376 e. The predicted molar refractivity (Wildman–Crippen MR) is 74.9 cm³/mol. The number of hydrogen-bond donors (Lipinski definition) is 3. The van der Waals surface area contributed by atoms with E-state index in [1.54, 1.807) is 13.2 Å². The number of amides is 1. The van der Waals surface area contributed by atoms with Crippen molar-refractivity contribution in [2.24, 2.45) is 12.8 Å². The van der Waals surface area contributed by atoms with Crippen molar-refractivity contribution in [1.29, 1.82) is 0 Å². The number of primary amides is 1. The third-order valence-corrected chi connectivity index (χ3v) is 3.07. The minimum absolute atomic E-state index is 0.170. The molecule has 2 heterocycles. The number of carbonyl (C=O) groups is 1. The number of aryl methyl sites for hydroxylation is 1. The number of carbonyl (C=O) groups excluding carboxylic acids is 1. The van der Waals surface area contributed by atoms with Gasteiger partial charge in [-0.05, 0) is 25.1 Å². The molecule has 104 valence electrons. The summed E-state index contributed by atoms with van der Waals surface area (Å²) in [7, 11) is 1.71. The quantitative estimate of drug-likeness (QED) is 0.673. The van der Waals surface area contributed by atoms with Crippen LogP contribution in [-0.4, -0.2) is 40.1 Å². The Hall–Kier alpha value is -1.67. The third-order valence-electron chi connectivity index (χ3n) is 2.82. The van der Waals surface area contributed by atoms with Crippen LogP contribution in [0.15, 0.2) is 6.20 Å².